The number of benzene rings is 1. The maximum atomic E-state index is 11.7. The van der Waals surface area contributed by atoms with Crippen LogP contribution in [0.1, 0.15) is 12.5 Å². The second-order valence-electron chi connectivity index (χ2n) is 2.77. The lowest BCUT2D eigenvalue weighted by molar-refractivity contribution is -0.458. The van der Waals surface area contributed by atoms with Gasteiger partial charge in [-0.05, 0) is 37.3 Å². The van der Waals surface area contributed by atoms with E-state index in [1.165, 1.54) is 37.3 Å². The molecule has 1 aromatic carbocycles. The van der Waals surface area contributed by atoms with Gasteiger partial charge in [0, 0.05) is 10.6 Å². The molecule has 0 bridgehead atoms. The summed E-state index contributed by atoms with van der Waals surface area (Å²) in [6.45, 7) is 1.53. The van der Waals surface area contributed by atoms with Crippen LogP contribution in [0, 0.1) is 0 Å². The second-order valence-corrected chi connectivity index (χ2v) is 3.21. The highest BCUT2D eigenvalue weighted by Gasteiger charge is 2.32. The number of hydrogen-bond acceptors (Lipinski definition) is 2. The van der Waals surface area contributed by atoms with E-state index in [0.717, 1.165) is 0 Å². The first-order chi connectivity index (χ1) is 7.42. The van der Waals surface area contributed by atoms with Gasteiger partial charge in [-0.15, -0.1) is 13.2 Å². The van der Waals surface area contributed by atoms with Crippen LogP contribution >= 0.6 is 11.6 Å². The Labute approximate surface area is 95.2 Å². The lowest BCUT2D eigenvalue weighted by Gasteiger charge is -2.10. The van der Waals surface area contributed by atoms with Crippen molar-refractivity contribution in [2.75, 3.05) is 0 Å². The van der Waals surface area contributed by atoms with Crippen LogP contribution in [0.15, 0.2) is 30.3 Å². The van der Waals surface area contributed by atoms with Crippen LogP contribution < -0.4 is 0 Å². The summed E-state index contributed by atoms with van der Waals surface area (Å²) in [7, 11) is 0. The summed E-state index contributed by atoms with van der Waals surface area (Å²) in [6.07, 6.45) is -3.48. The third-order valence-corrected chi connectivity index (χ3v) is 1.87. The predicted octanol–water partition coefficient (Wildman–Crippen LogP) is 4.17. The summed E-state index contributed by atoms with van der Waals surface area (Å²) in [5, 5.41) is 0.482. The zero-order valence-corrected chi connectivity index (χ0v) is 8.97. The van der Waals surface area contributed by atoms with Crippen molar-refractivity contribution in [1.29, 1.82) is 0 Å². The van der Waals surface area contributed by atoms with E-state index in [9.17, 15) is 13.2 Å². The highest BCUT2D eigenvalue weighted by Crippen LogP contribution is 2.23. The van der Waals surface area contributed by atoms with Gasteiger partial charge in [0.25, 0.3) is 0 Å². The van der Waals surface area contributed by atoms with Crippen LogP contribution in [-0.4, -0.2) is 6.36 Å². The van der Waals surface area contributed by atoms with Gasteiger partial charge in [0.15, 0.2) is 5.76 Å². The Morgan fingerprint density at radius 3 is 2.25 bits per heavy atom. The van der Waals surface area contributed by atoms with E-state index < -0.39 is 6.36 Å². The van der Waals surface area contributed by atoms with Crippen molar-refractivity contribution in [1.82, 2.24) is 0 Å². The van der Waals surface area contributed by atoms with E-state index in [4.69, 9.17) is 11.6 Å². The van der Waals surface area contributed by atoms with Crippen molar-refractivity contribution in [2.24, 2.45) is 0 Å². The standard InChI is InChI=1S/C10H8ClF3O2/c1-2-9(15-16-10(12,13)14)7-3-5-8(11)6-4-7/h2-6H,1H3/b9-2-. The molecule has 0 N–H and O–H groups in total. The van der Waals surface area contributed by atoms with Gasteiger partial charge in [-0.25, -0.2) is 0 Å². The molecule has 88 valence electrons. The first-order valence-corrected chi connectivity index (χ1v) is 4.65. The van der Waals surface area contributed by atoms with Crippen LogP contribution in [0.5, 0.6) is 0 Å². The van der Waals surface area contributed by atoms with Gasteiger partial charge in [-0.2, -0.15) is 0 Å². The van der Waals surface area contributed by atoms with Crippen LogP contribution in [-0.2, 0) is 9.78 Å². The average Bonchev–Trinajstić information content (AvgIpc) is 2.20. The van der Waals surface area contributed by atoms with Gasteiger partial charge >= 0.3 is 6.36 Å². The summed E-state index contributed by atoms with van der Waals surface area (Å²) < 4.78 is 35.2. The normalized spacial score (nSPS) is 12.7. The van der Waals surface area contributed by atoms with Crippen molar-refractivity contribution in [3.63, 3.8) is 0 Å². The zero-order chi connectivity index (χ0) is 12.2. The fourth-order valence-corrected chi connectivity index (χ4v) is 1.10. The largest absolute Gasteiger partial charge is 0.558 e. The van der Waals surface area contributed by atoms with E-state index in [0.29, 0.717) is 10.6 Å². The Hall–Kier alpha value is -1.20. The number of rotatable bonds is 3. The minimum Gasteiger partial charge on any atom is -0.329 e. The highest BCUT2D eigenvalue weighted by molar-refractivity contribution is 6.30. The maximum absolute atomic E-state index is 11.7. The molecule has 2 nitrogen and oxygen atoms in total. The Bertz CT molecular complexity index is 371. The fraction of sp³-hybridized carbons (Fsp3) is 0.200. The summed E-state index contributed by atoms with van der Waals surface area (Å²) in [6, 6.07) is 6.13. The average molecular weight is 253 g/mol. The van der Waals surface area contributed by atoms with Gasteiger partial charge in [0.05, 0.1) is 0 Å². The van der Waals surface area contributed by atoms with Crippen LogP contribution in [0.3, 0.4) is 0 Å². The molecule has 0 fully saturated rings. The fourth-order valence-electron chi connectivity index (χ4n) is 0.969. The first kappa shape index (κ1) is 12.9. The summed E-state index contributed by atoms with van der Waals surface area (Å²) in [4.78, 5) is 7.44. The Balaban J connectivity index is 2.73. The SMILES string of the molecule is C/C=C(\OOC(F)(F)F)c1ccc(Cl)cc1. The van der Waals surface area contributed by atoms with Crippen LogP contribution in [0.4, 0.5) is 13.2 Å². The Kier molecular flexibility index (Phi) is 4.20. The van der Waals surface area contributed by atoms with E-state index in [1.54, 1.807) is 0 Å². The molecule has 0 unspecified atom stereocenters. The third kappa shape index (κ3) is 4.12. The van der Waals surface area contributed by atoms with Gasteiger partial charge in [-0.1, -0.05) is 16.5 Å². The van der Waals surface area contributed by atoms with Gasteiger partial charge in [-0.3, -0.25) is 0 Å². The zero-order valence-electron chi connectivity index (χ0n) is 8.22. The molecule has 0 aliphatic heterocycles. The quantitative estimate of drug-likeness (QED) is 0.457. The van der Waals surface area contributed by atoms with Crippen LogP contribution in [0.2, 0.25) is 5.02 Å². The van der Waals surface area contributed by atoms with E-state index in [1.807, 2.05) is 0 Å². The number of hydrogen-bond donors (Lipinski definition) is 0. The Morgan fingerprint density at radius 1 is 1.25 bits per heavy atom. The molecular formula is C10H8ClF3O2. The molecule has 0 amide bonds. The lowest BCUT2D eigenvalue weighted by Crippen LogP contribution is -2.13. The van der Waals surface area contributed by atoms with E-state index in [-0.39, 0.29) is 5.76 Å². The van der Waals surface area contributed by atoms with Crippen molar-refractivity contribution in [2.45, 2.75) is 13.3 Å². The molecule has 0 aliphatic rings. The highest BCUT2D eigenvalue weighted by atomic mass is 35.5. The van der Waals surface area contributed by atoms with Crippen molar-refractivity contribution < 1.29 is 22.9 Å². The third-order valence-electron chi connectivity index (χ3n) is 1.62. The smallest absolute Gasteiger partial charge is 0.329 e. The number of alkyl halides is 3. The summed E-state index contributed by atoms with van der Waals surface area (Å²) >= 11 is 5.64. The predicted molar refractivity (Wildman–Crippen MR) is 53.3 cm³/mol. The molecule has 1 aromatic rings. The Morgan fingerprint density at radius 2 is 1.81 bits per heavy atom. The second kappa shape index (κ2) is 5.23. The first-order valence-electron chi connectivity index (χ1n) is 4.27. The molecular weight excluding hydrogens is 245 g/mol. The molecule has 0 radical (unpaired) electrons. The monoisotopic (exact) mass is 252 g/mol. The number of allylic oxidation sites excluding steroid dienone is 1. The van der Waals surface area contributed by atoms with Crippen molar-refractivity contribution in [3.8, 4) is 0 Å². The van der Waals surface area contributed by atoms with Gasteiger partial charge in [0.2, 0.25) is 0 Å². The topological polar surface area (TPSA) is 18.5 Å². The molecule has 0 saturated carbocycles. The molecule has 0 spiro atoms. The molecule has 0 atom stereocenters. The van der Waals surface area contributed by atoms with E-state index in [2.05, 4.69) is 9.78 Å². The van der Waals surface area contributed by atoms with Gasteiger partial charge < -0.3 is 4.89 Å². The number of halogens is 4. The minimum absolute atomic E-state index is 0.0333. The van der Waals surface area contributed by atoms with Gasteiger partial charge in [0.1, 0.15) is 0 Å². The summed E-state index contributed by atoms with van der Waals surface area (Å²) in [5.41, 5.74) is 0.441. The van der Waals surface area contributed by atoms with Crippen molar-refractivity contribution >= 4 is 17.4 Å². The summed E-state index contributed by atoms with van der Waals surface area (Å²) in [5.74, 6) is -0.0333. The molecule has 16 heavy (non-hydrogen) atoms. The molecule has 6 heteroatoms. The molecule has 0 aromatic heterocycles. The van der Waals surface area contributed by atoms with Crippen molar-refractivity contribution in [3.05, 3.63) is 40.9 Å². The molecule has 0 saturated heterocycles. The molecule has 1 rings (SSSR count). The lowest BCUT2D eigenvalue weighted by atomic mass is 10.2. The minimum atomic E-state index is -4.83. The maximum Gasteiger partial charge on any atom is 0.558 e. The van der Waals surface area contributed by atoms with Crippen LogP contribution in [0.25, 0.3) is 5.76 Å². The molecule has 0 heterocycles. The molecule has 0 aliphatic carbocycles. The van der Waals surface area contributed by atoms with E-state index >= 15 is 0 Å².